The van der Waals surface area contributed by atoms with Crippen LogP contribution in [0.2, 0.25) is 0 Å². The molecule has 3 aromatic rings. The summed E-state index contributed by atoms with van der Waals surface area (Å²) in [7, 11) is 3.17. The number of ether oxygens (including phenoxy) is 2. The molecule has 128 valence electrons. The molecule has 3 nitrogen and oxygen atoms in total. The number of pyridine rings is 1. The molecule has 0 amide bonds. The van der Waals surface area contributed by atoms with Crippen molar-refractivity contribution in [1.82, 2.24) is 4.98 Å². The molecule has 0 bridgehead atoms. The van der Waals surface area contributed by atoms with Gasteiger partial charge >= 0.3 is 0 Å². The van der Waals surface area contributed by atoms with Crippen molar-refractivity contribution < 1.29 is 18.3 Å². The van der Waals surface area contributed by atoms with Gasteiger partial charge in [-0.15, -0.1) is 0 Å². The minimum absolute atomic E-state index is 0.108. The molecule has 0 fully saturated rings. The number of alkyl halides is 2. The van der Waals surface area contributed by atoms with Crippen molar-refractivity contribution in [3.63, 3.8) is 0 Å². The normalized spacial score (nSPS) is 10.8. The summed E-state index contributed by atoms with van der Waals surface area (Å²) >= 11 is 0. The van der Waals surface area contributed by atoms with Gasteiger partial charge in [0.1, 0.15) is 11.5 Å². The van der Waals surface area contributed by atoms with E-state index < -0.39 is 6.43 Å². The van der Waals surface area contributed by atoms with E-state index in [1.54, 1.807) is 26.4 Å². The molecular formula is C20H17F2NO2. The van der Waals surface area contributed by atoms with Crippen molar-refractivity contribution in [3.05, 3.63) is 66.4 Å². The molecule has 0 N–H and O–H groups in total. The Balaban J connectivity index is 2.12. The zero-order valence-corrected chi connectivity index (χ0v) is 13.9. The third kappa shape index (κ3) is 3.60. The summed E-state index contributed by atoms with van der Waals surface area (Å²) in [6.07, 6.45) is -1.36. The Morgan fingerprint density at radius 1 is 0.800 bits per heavy atom. The Bertz CT molecular complexity index is 847. The summed E-state index contributed by atoms with van der Waals surface area (Å²) in [5.74, 6) is 1.42. The lowest BCUT2D eigenvalue weighted by molar-refractivity contribution is 0.151. The van der Waals surface area contributed by atoms with E-state index in [2.05, 4.69) is 4.98 Å². The van der Waals surface area contributed by atoms with Crippen LogP contribution < -0.4 is 9.47 Å². The largest absolute Gasteiger partial charge is 0.497 e. The number of hydrogen-bond donors (Lipinski definition) is 0. The first-order chi connectivity index (χ1) is 12.1. The summed E-state index contributed by atoms with van der Waals surface area (Å²) < 4.78 is 36.6. The Kier molecular flexibility index (Phi) is 4.93. The first-order valence-corrected chi connectivity index (χ1v) is 7.69. The van der Waals surface area contributed by atoms with Gasteiger partial charge in [-0.2, -0.15) is 0 Å². The van der Waals surface area contributed by atoms with Crippen LogP contribution in [0.15, 0.2) is 60.8 Å². The molecule has 5 heteroatoms. The van der Waals surface area contributed by atoms with Crippen LogP contribution in [-0.4, -0.2) is 19.2 Å². The van der Waals surface area contributed by atoms with Crippen LogP contribution in [0.1, 0.15) is 12.0 Å². The van der Waals surface area contributed by atoms with Gasteiger partial charge in [0.25, 0.3) is 6.43 Å². The second-order valence-corrected chi connectivity index (χ2v) is 5.42. The molecule has 0 saturated heterocycles. The molecule has 0 saturated carbocycles. The predicted molar refractivity (Wildman–Crippen MR) is 93.2 cm³/mol. The van der Waals surface area contributed by atoms with Crippen molar-refractivity contribution in [3.8, 4) is 33.9 Å². The van der Waals surface area contributed by atoms with Gasteiger partial charge in [-0.05, 0) is 48.0 Å². The summed E-state index contributed by atoms with van der Waals surface area (Å²) in [4.78, 5) is 4.29. The van der Waals surface area contributed by atoms with Crippen LogP contribution in [0.25, 0.3) is 22.4 Å². The molecule has 25 heavy (non-hydrogen) atoms. The van der Waals surface area contributed by atoms with Crippen LogP contribution >= 0.6 is 0 Å². The van der Waals surface area contributed by atoms with Crippen LogP contribution in [0, 0.1) is 0 Å². The fraction of sp³-hybridized carbons (Fsp3) is 0.150. The number of aromatic nitrogens is 1. The van der Waals surface area contributed by atoms with Crippen LogP contribution in [0.3, 0.4) is 0 Å². The fourth-order valence-electron chi connectivity index (χ4n) is 2.57. The van der Waals surface area contributed by atoms with Crippen LogP contribution in [-0.2, 0) is 0 Å². The van der Waals surface area contributed by atoms with Gasteiger partial charge in [0.05, 0.1) is 19.9 Å². The van der Waals surface area contributed by atoms with Crippen LogP contribution in [0.4, 0.5) is 8.78 Å². The SMILES string of the molecule is COc1ccc(-c2cc(C(F)F)cnc2-c2ccc(OC)cc2)cc1. The maximum absolute atomic E-state index is 13.1. The second kappa shape index (κ2) is 7.30. The predicted octanol–water partition coefficient (Wildman–Crippen LogP) is 5.37. The lowest BCUT2D eigenvalue weighted by atomic mass is 9.98. The first-order valence-electron chi connectivity index (χ1n) is 7.69. The topological polar surface area (TPSA) is 31.4 Å². The highest BCUT2D eigenvalue weighted by molar-refractivity contribution is 5.81. The quantitative estimate of drug-likeness (QED) is 0.625. The summed E-state index contributed by atoms with van der Waals surface area (Å²) in [5, 5.41) is 0. The number of methoxy groups -OCH3 is 2. The second-order valence-electron chi connectivity index (χ2n) is 5.42. The average molecular weight is 341 g/mol. The van der Waals surface area contributed by atoms with Gasteiger partial charge in [-0.25, -0.2) is 8.78 Å². The minimum Gasteiger partial charge on any atom is -0.497 e. The number of nitrogens with zero attached hydrogens (tertiary/aromatic N) is 1. The lowest BCUT2D eigenvalue weighted by Gasteiger charge is -2.12. The molecule has 0 spiro atoms. The molecule has 1 aromatic heterocycles. The number of rotatable bonds is 5. The molecule has 0 aliphatic carbocycles. The van der Waals surface area contributed by atoms with Crippen molar-refractivity contribution in [1.29, 1.82) is 0 Å². The zero-order chi connectivity index (χ0) is 17.8. The Hall–Kier alpha value is -2.95. The number of hydrogen-bond acceptors (Lipinski definition) is 3. The molecule has 3 rings (SSSR count). The van der Waals surface area contributed by atoms with E-state index in [4.69, 9.17) is 9.47 Å². The average Bonchev–Trinajstić information content (AvgIpc) is 2.67. The monoisotopic (exact) mass is 341 g/mol. The van der Waals surface area contributed by atoms with E-state index in [1.165, 1.54) is 12.3 Å². The van der Waals surface area contributed by atoms with Crippen molar-refractivity contribution in [2.45, 2.75) is 6.43 Å². The van der Waals surface area contributed by atoms with E-state index in [0.29, 0.717) is 17.0 Å². The Morgan fingerprint density at radius 2 is 1.32 bits per heavy atom. The minimum atomic E-state index is -2.57. The summed E-state index contributed by atoms with van der Waals surface area (Å²) in [6, 6.07) is 16.1. The first kappa shape index (κ1) is 16.9. The third-order valence-corrected chi connectivity index (χ3v) is 3.93. The van der Waals surface area contributed by atoms with E-state index in [1.807, 2.05) is 36.4 Å². The van der Waals surface area contributed by atoms with Crippen molar-refractivity contribution in [2.24, 2.45) is 0 Å². The van der Waals surface area contributed by atoms with Gasteiger partial charge in [-0.3, -0.25) is 4.98 Å². The molecule has 0 radical (unpaired) electrons. The molecule has 2 aromatic carbocycles. The van der Waals surface area contributed by atoms with Crippen LogP contribution in [0.5, 0.6) is 11.5 Å². The third-order valence-electron chi connectivity index (χ3n) is 3.93. The highest BCUT2D eigenvalue weighted by Crippen LogP contribution is 2.34. The molecule has 0 aliphatic rings. The molecule has 0 aliphatic heterocycles. The molecule has 1 heterocycles. The van der Waals surface area contributed by atoms with E-state index >= 15 is 0 Å². The van der Waals surface area contributed by atoms with E-state index in [-0.39, 0.29) is 5.56 Å². The van der Waals surface area contributed by atoms with E-state index in [0.717, 1.165) is 16.9 Å². The maximum atomic E-state index is 13.1. The molecular weight excluding hydrogens is 324 g/mol. The highest BCUT2D eigenvalue weighted by Gasteiger charge is 2.15. The maximum Gasteiger partial charge on any atom is 0.265 e. The summed E-state index contributed by atoms with van der Waals surface area (Å²) in [5.41, 5.74) is 2.79. The lowest BCUT2D eigenvalue weighted by Crippen LogP contribution is -1.94. The van der Waals surface area contributed by atoms with Gasteiger partial charge in [0, 0.05) is 22.9 Å². The van der Waals surface area contributed by atoms with Crippen molar-refractivity contribution in [2.75, 3.05) is 14.2 Å². The Morgan fingerprint density at radius 3 is 1.80 bits per heavy atom. The van der Waals surface area contributed by atoms with Gasteiger partial charge in [0.15, 0.2) is 0 Å². The summed E-state index contributed by atoms with van der Waals surface area (Å²) in [6.45, 7) is 0. The molecule has 0 unspecified atom stereocenters. The highest BCUT2D eigenvalue weighted by atomic mass is 19.3. The smallest absolute Gasteiger partial charge is 0.265 e. The van der Waals surface area contributed by atoms with Gasteiger partial charge < -0.3 is 9.47 Å². The van der Waals surface area contributed by atoms with Gasteiger partial charge in [-0.1, -0.05) is 12.1 Å². The Labute approximate surface area is 144 Å². The molecule has 0 atom stereocenters. The standard InChI is InChI=1S/C20H17F2NO2/c1-24-16-7-3-13(4-8-16)18-11-15(20(21)22)12-23-19(18)14-5-9-17(25-2)10-6-14/h3-12,20H,1-2H3. The van der Waals surface area contributed by atoms with E-state index in [9.17, 15) is 8.78 Å². The number of halogens is 2. The number of benzene rings is 2. The van der Waals surface area contributed by atoms with Gasteiger partial charge in [0.2, 0.25) is 0 Å². The van der Waals surface area contributed by atoms with Crippen molar-refractivity contribution >= 4 is 0 Å². The zero-order valence-electron chi connectivity index (χ0n) is 13.9. The fourth-order valence-corrected chi connectivity index (χ4v) is 2.57.